The molecule has 29 heavy (non-hydrogen) atoms. The van der Waals surface area contributed by atoms with Crippen molar-refractivity contribution in [3.8, 4) is 0 Å². The first-order chi connectivity index (χ1) is 13.8. The van der Waals surface area contributed by atoms with Gasteiger partial charge in [-0.05, 0) is 50.1 Å². The van der Waals surface area contributed by atoms with Crippen LogP contribution >= 0.6 is 11.6 Å². The van der Waals surface area contributed by atoms with E-state index in [2.05, 4.69) is 5.32 Å². The fourth-order valence-electron chi connectivity index (χ4n) is 3.67. The fourth-order valence-corrected chi connectivity index (χ4v) is 3.80. The van der Waals surface area contributed by atoms with E-state index in [9.17, 15) is 14.4 Å². The van der Waals surface area contributed by atoms with Crippen LogP contribution in [-0.4, -0.2) is 35.3 Å². The van der Waals surface area contributed by atoms with Gasteiger partial charge in [0.15, 0.2) is 0 Å². The normalized spacial score (nSPS) is 18.9. The number of carbonyl (C=O) groups excluding carboxylic acids is 3. The average molecular weight is 414 g/mol. The number of carbonyl (C=O) groups is 3. The zero-order chi connectivity index (χ0) is 21.2. The lowest BCUT2D eigenvalue weighted by atomic mass is 9.87. The van der Waals surface area contributed by atoms with Crippen molar-refractivity contribution in [1.82, 2.24) is 10.2 Å². The summed E-state index contributed by atoms with van der Waals surface area (Å²) < 4.78 is 0. The number of imide groups is 1. The minimum atomic E-state index is -1.20. The van der Waals surface area contributed by atoms with Gasteiger partial charge in [0.05, 0.1) is 0 Å². The van der Waals surface area contributed by atoms with E-state index in [0.717, 1.165) is 10.6 Å². The highest BCUT2D eigenvalue weighted by molar-refractivity contribution is 6.30. The van der Waals surface area contributed by atoms with E-state index in [4.69, 9.17) is 11.6 Å². The van der Waals surface area contributed by atoms with Crippen molar-refractivity contribution in [3.63, 3.8) is 0 Å². The Kier molecular flexibility index (Phi) is 5.94. The summed E-state index contributed by atoms with van der Waals surface area (Å²) in [6, 6.07) is 15.3. The lowest BCUT2D eigenvalue weighted by Gasteiger charge is -2.29. The summed E-state index contributed by atoms with van der Waals surface area (Å²) in [7, 11) is 0. The fraction of sp³-hybridized carbons (Fsp3) is 0.318. The van der Waals surface area contributed by atoms with Gasteiger partial charge in [-0.3, -0.25) is 14.5 Å². The van der Waals surface area contributed by atoms with Crippen molar-refractivity contribution in [2.24, 2.45) is 0 Å². The van der Waals surface area contributed by atoms with Gasteiger partial charge in [-0.2, -0.15) is 0 Å². The van der Waals surface area contributed by atoms with Gasteiger partial charge in [-0.15, -0.1) is 0 Å². The van der Waals surface area contributed by atoms with E-state index in [1.165, 1.54) is 0 Å². The Bertz CT molecular complexity index is 915. The molecule has 0 saturated carbocycles. The molecule has 0 radical (unpaired) electrons. The van der Waals surface area contributed by atoms with Crippen LogP contribution in [0.25, 0.3) is 0 Å². The minimum absolute atomic E-state index is 0.127. The molecule has 0 aromatic heterocycles. The molecule has 1 saturated heterocycles. The Morgan fingerprint density at radius 1 is 1.10 bits per heavy atom. The summed E-state index contributed by atoms with van der Waals surface area (Å²) >= 11 is 5.96. The number of urea groups is 1. The standard InChI is InChI=1S/C22H24ClN3O3/c1-4-22(16-10-12-17(23)13-11-16)20(28)25(21(29)24-22)14-19(27)26(15(2)3)18-8-6-5-7-9-18/h5-13,15H,4,14H2,1-3H3,(H,24,29)/t22-/m0/s1. The molecule has 1 atom stereocenters. The zero-order valence-corrected chi connectivity index (χ0v) is 17.4. The second-order valence-corrected chi connectivity index (χ2v) is 7.72. The van der Waals surface area contributed by atoms with Crippen LogP contribution in [0.15, 0.2) is 54.6 Å². The van der Waals surface area contributed by atoms with E-state index in [1.54, 1.807) is 29.2 Å². The SMILES string of the molecule is CC[C@@]1(c2ccc(Cl)cc2)NC(=O)N(CC(=O)N(c2ccccc2)C(C)C)C1=O. The molecule has 1 fully saturated rings. The smallest absolute Gasteiger partial charge is 0.319 e. The van der Waals surface area contributed by atoms with E-state index in [1.807, 2.05) is 51.1 Å². The van der Waals surface area contributed by atoms with Crippen molar-refractivity contribution in [1.29, 1.82) is 0 Å². The highest BCUT2D eigenvalue weighted by Gasteiger charge is 2.51. The molecule has 1 aliphatic heterocycles. The number of nitrogens with zero attached hydrogens (tertiary/aromatic N) is 2. The topological polar surface area (TPSA) is 69.7 Å². The van der Waals surface area contributed by atoms with Crippen LogP contribution < -0.4 is 10.2 Å². The van der Waals surface area contributed by atoms with Gasteiger partial charge < -0.3 is 10.2 Å². The van der Waals surface area contributed by atoms with Crippen molar-refractivity contribution in [2.45, 2.75) is 38.8 Å². The summed E-state index contributed by atoms with van der Waals surface area (Å²) in [5, 5.41) is 3.33. The molecule has 1 aliphatic rings. The third-order valence-electron chi connectivity index (χ3n) is 5.16. The summed E-state index contributed by atoms with van der Waals surface area (Å²) in [5.74, 6) is -0.754. The molecule has 0 bridgehead atoms. The number of anilines is 1. The number of para-hydroxylation sites is 1. The van der Waals surface area contributed by atoms with Crippen molar-refractivity contribution in [2.75, 3.05) is 11.4 Å². The van der Waals surface area contributed by atoms with E-state index >= 15 is 0 Å². The summed E-state index contributed by atoms with van der Waals surface area (Å²) in [4.78, 5) is 41.6. The molecule has 4 amide bonds. The third-order valence-corrected chi connectivity index (χ3v) is 5.41. The van der Waals surface area contributed by atoms with E-state index in [-0.39, 0.29) is 18.5 Å². The third kappa shape index (κ3) is 3.85. The second-order valence-electron chi connectivity index (χ2n) is 7.28. The molecule has 6 nitrogen and oxygen atoms in total. The predicted octanol–water partition coefficient (Wildman–Crippen LogP) is 3.94. The minimum Gasteiger partial charge on any atom is -0.319 e. The first kappa shape index (κ1) is 20.9. The van der Waals surface area contributed by atoms with Gasteiger partial charge in [-0.25, -0.2) is 4.79 Å². The molecule has 2 aromatic rings. The van der Waals surface area contributed by atoms with Gasteiger partial charge in [0.1, 0.15) is 12.1 Å². The Labute approximate surface area is 175 Å². The summed E-state index contributed by atoms with van der Waals surface area (Å²) in [5.41, 5.74) is 0.164. The summed E-state index contributed by atoms with van der Waals surface area (Å²) in [6.45, 7) is 5.28. The molecule has 0 spiro atoms. The number of halogens is 1. The van der Waals surface area contributed by atoms with E-state index in [0.29, 0.717) is 17.0 Å². The van der Waals surface area contributed by atoms with Gasteiger partial charge >= 0.3 is 6.03 Å². The molecule has 3 rings (SSSR count). The van der Waals surface area contributed by atoms with Gasteiger partial charge in [0, 0.05) is 16.8 Å². The monoisotopic (exact) mass is 413 g/mol. The van der Waals surface area contributed by atoms with Gasteiger partial charge in [-0.1, -0.05) is 48.9 Å². The van der Waals surface area contributed by atoms with Crippen molar-refractivity contribution in [3.05, 3.63) is 65.2 Å². The highest BCUT2D eigenvalue weighted by Crippen LogP contribution is 2.33. The van der Waals surface area contributed by atoms with Crippen LogP contribution in [0.2, 0.25) is 5.02 Å². The maximum atomic E-state index is 13.3. The molecule has 2 aromatic carbocycles. The molecule has 1 heterocycles. The van der Waals surface area contributed by atoms with Crippen molar-refractivity contribution >= 4 is 35.1 Å². The Morgan fingerprint density at radius 3 is 2.28 bits per heavy atom. The number of benzene rings is 2. The number of hydrogen-bond donors (Lipinski definition) is 1. The number of nitrogens with one attached hydrogen (secondary N) is 1. The number of amides is 4. The largest absolute Gasteiger partial charge is 0.325 e. The van der Waals surface area contributed by atoms with Crippen LogP contribution in [0.5, 0.6) is 0 Å². The first-order valence-corrected chi connectivity index (χ1v) is 9.95. The lowest BCUT2D eigenvalue weighted by molar-refractivity contribution is -0.134. The number of rotatable bonds is 6. The van der Waals surface area contributed by atoms with Crippen LogP contribution in [-0.2, 0) is 15.1 Å². The molecule has 152 valence electrons. The van der Waals surface area contributed by atoms with Crippen LogP contribution in [0.4, 0.5) is 10.5 Å². The molecule has 0 aliphatic carbocycles. The van der Waals surface area contributed by atoms with Crippen LogP contribution in [0.3, 0.4) is 0 Å². The average Bonchev–Trinajstić information content (AvgIpc) is 2.94. The molecular formula is C22H24ClN3O3. The lowest BCUT2D eigenvalue weighted by Crippen LogP contribution is -2.47. The molecule has 7 heteroatoms. The molecule has 1 N–H and O–H groups in total. The quantitative estimate of drug-likeness (QED) is 0.729. The van der Waals surface area contributed by atoms with Crippen LogP contribution in [0, 0.1) is 0 Å². The van der Waals surface area contributed by atoms with Crippen LogP contribution in [0.1, 0.15) is 32.8 Å². The Hall–Kier alpha value is -2.86. The summed E-state index contributed by atoms with van der Waals surface area (Å²) in [6.07, 6.45) is 0.358. The van der Waals surface area contributed by atoms with Gasteiger partial charge in [0.2, 0.25) is 5.91 Å². The maximum Gasteiger partial charge on any atom is 0.325 e. The maximum absolute atomic E-state index is 13.3. The zero-order valence-electron chi connectivity index (χ0n) is 16.7. The highest BCUT2D eigenvalue weighted by atomic mass is 35.5. The second kappa shape index (κ2) is 8.25. The predicted molar refractivity (Wildman–Crippen MR) is 113 cm³/mol. The Morgan fingerprint density at radius 2 is 1.72 bits per heavy atom. The van der Waals surface area contributed by atoms with E-state index < -0.39 is 17.5 Å². The molecular weight excluding hydrogens is 390 g/mol. The molecule has 0 unspecified atom stereocenters. The van der Waals surface area contributed by atoms with Crippen molar-refractivity contribution < 1.29 is 14.4 Å². The Balaban J connectivity index is 1.87. The number of hydrogen-bond acceptors (Lipinski definition) is 3. The van der Waals surface area contributed by atoms with Gasteiger partial charge in [0.25, 0.3) is 5.91 Å². The first-order valence-electron chi connectivity index (χ1n) is 9.57.